The average molecular weight is 328 g/mol. The minimum atomic E-state index is -4.49. The van der Waals surface area contributed by atoms with Gasteiger partial charge in [0, 0.05) is 24.5 Å². The van der Waals surface area contributed by atoms with Gasteiger partial charge >= 0.3 is 11.9 Å². The van der Waals surface area contributed by atoms with Crippen LogP contribution >= 0.6 is 0 Å². The van der Waals surface area contributed by atoms with Crippen LogP contribution in [0.15, 0.2) is 33.8 Å². The summed E-state index contributed by atoms with van der Waals surface area (Å²) in [5, 5.41) is 3.61. The van der Waals surface area contributed by atoms with E-state index in [0.29, 0.717) is 10.5 Å². The maximum atomic E-state index is 12.5. The molecule has 1 saturated heterocycles. The SMILES string of the molecule is O=C1[C@@H](n2c(-c3cccnc3)noc2=O)CCN1CC(F)(F)F. The molecule has 3 rings (SSSR count). The van der Waals surface area contributed by atoms with Crippen molar-refractivity contribution in [1.29, 1.82) is 0 Å². The van der Waals surface area contributed by atoms with Crippen LogP contribution in [0, 0.1) is 0 Å². The molecule has 1 atom stereocenters. The molecule has 0 N–H and O–H groups in total. The number of amides is 1. The predicted molar refractivity (Wildman–Crippen MR) is 70.3 cm³/mol. The lowest BCUT2D eigenvalue weighted by Crippen LogP contribution is -2.37. The van der Waals surface area contributed by atoms with Crippen molar-refractivity contribution in [2.75, 3.05) is 13.1 Å². The largest absolute Gasteiger partial charge is 0.442 e. The van der Waals surface area contributed by atoms with Crippen molar-refractivity contribution in [3.63, 3.8) is 0 Å². The fourth-order valence-corrected chi connectivity index (χ4v) is 2.55. The summed E-state index contributed by atoms with van der Waals surface area (Å²) in [5.74, 6) is -1.61. The molecular formula is C13H11F3N4O3. The van der Waals surface area contributed by atoms with Crippen molar-refractivity contribution in [1.82, 2.24) is 19.6 Å². The van der Waals surface area contributed by atoms with Crippen LogP contribution in [0.1, 0.15) is 12.5 Å². The highest BCUT2D eigenvalue weighted by atomic mass is 19.4. The third-order valence-electron chi connectivity index (χ3n) is 3.51. The maximum Gasteiger partial charge on any atom is 0.442 e. The lowest BCUT2D eigenvalue weighted by molar-refractivity contribution is -0.158. The molecule has 0 radical (unpaired) electrons. The van der Waals surface area contributed by atoms with E-state index in [1.165, 1.54) is 12.4 Å². The van der Waals surface area contributed by atoms with Gasteiger partial charge in [-0.05, 0) is 18.6 Å². The topological polar surface area (TPSA) is 81.2 Å². The van der Waals surface area contributed by atoms with Gasteiger partial charge in [-0.3, -0.25) is 14.3 Å². The third-order valence-corrected chi connectivity index (χ3v) is 3.51. The first-order valence-corrected chi connectivity index (χ1v) is 6.71. The van der Waals surface area contributed by atoms with Crippen molar-refractivity contribution in [3.8, 4) is 11.4 Å². The van der Waals surface area contributed by atoms with Crippen LogP contribution in [-0.4, -0.2) is 44.8 Å². The fraction of sp³-hybridized carbons (Fsp3) is 0.385. The van der Waals surface area contributed by atoms with E-state index in [1.807, 2.05) is 0 Å². The Bertz CT molecular complexity index is 769. The molecule has 10 heteroatoms. The summed E-state index contributed by atoms with van der Waals surface area (Å²) in [6.45, 7) is -1.43. The Morgan fingerprint density at radius 3 is 2.78 bits per heavy atom. The van der Waals surface area contributed by atoms with Gasteiger partial charge in [-0.1, -0.05) is 5.16 Å². The van der Waals surface area contributed by atoms with Gasteiger partial charge in [-0.2, -0.15) is 13.2 Å². The number of aromatic nitrogens is 3. The number of carbonyl (C=O) groups excluding carboxylic acids is 1. The molecule has 122 valence electrons. The zero-order chi connectivity index (χ0) is 16.6. The van der Waals surface area contributed by atoms with Crippen LogP contribution in [0.4, 0.5) is 13.2 Å². The van der Waals surface area contributed by atoms with Crippen LogP contribution < -0.4 is 5.76 Å². The minimum absolute atomic E-state index is 0.0651. The molecule has 0 bridgehead atoms. The maximum absolute atomic E-state index is 12.5. The van der Waals surface area contributed by atoms with E-state index in [1.54, 1.807) is 12.1 Å². The lowest BCUT2D eigenvalue weighted by atomic mass is 10.2. The normalized spacial score (nSPS) is 18.7. The number of halogens is 3. The molecule has 1 fully saturated rings. The number of carbonyl (C=O) groups is 1. The van der Waals surface area contributed by atoms with E-state index in [-0.39, 0.29) is 18.8 Å². The van der Waals surface area contributed by atoms with Crippen LogP contribution in [0.25, 0.3) is 11.4 Å². The van der Waals surface area contributed by atoms with Gasteiger partial charge in [-0.15, -0.1) is 0 Å². The van der Waals surface area contributed by atoms with E-state index in [9.17, 15) is 22.8 Å². The van der Waals surface area contributed by atoms with Crippen molar-refractivity contribution >= 4 is 5.91 Å². The molecule has 0 unspecified atom stereocenters. The molecule has 0 aromatic carbocycles. The Morgan fingerprint density at radius 2 is 2.13 bits per heavy atom. The molecule has 1 aliphatic heterocycles. The fourth-order valence-electron chi connectivity index (χ4n) is 2.55. The van der Waals surface area contributed by atoms with Crippen LogP contribution in [0.2, 0.25) is 0 Å². The van der Waals surface area contributed by atoms with E-state index in [0.717, 1.165) is 4.57 Å². The summed E-state index contributed by atoms with van der Waals surface area (Å²) in [7, 11) is 0. The van der Waals surface area contributed by atoms with Gasteiger partial charge in [0.2, 0.25) is 5.91 Å². The monoisotopic (exact) mass is 328 g/mol. The van der Waals surface area contributed by atoms with E-state index in [2.05, 4.69) is 14.7 Å². The second kappa shape index (κ2) is 5.52. The summed E-state index contributed by atoms with van der Waals surface area (Å²) < 4.78 is 43.0. The molecule has 0 aliphatic carbocycles. The van der Waals surface area contributed by atoms with Crippen molar-refractivity contribution < 1.29 is 22.5 Å². The molecular weight excluding hydrogens is 317 g/mol. The molecule has 1 amide bonds. The number of nitrogens with zero attached hydrogens (tertiary/aromatic N) is 4. The molecule has 23 heavy (non-hydrogen) atoms. The van der Waals surface area contributed by atoms with Crippen LogP contribution in [-0.2, 0) is 4.79 Å². The standard InChI is InChI=1S/C13H11F3N4O3/c14-13(15,16)7-19-5-3-9(11(19)21)20-10(18-23-12(20)22)8-2-1-4-17-6-8/h1-2,4,6,9H,3,5,7H2/t9-/m0/s1. The van der Waals surface area contributed by atoms with Gasteiger partial charge in [0.25, 0.3) is 0 Å². The summed E-state index contributed by atoms with van der Waals surface area (Å²) in [4.78, 5) is 28.6. The van der Waals surface area contributed by atoms with Crippen LogP contribution in [0.5, 0.6) is 0 Å². The highest BCUT2D eigenvalue weighted by molar-refractivity contribution is 5.83. The Hall–Kier alpha value is -2.65. The van der Waals surface area contributed by atoms with Gasteiger partial charge < -0.3 is 4.90 Å². The van der Waals surface area contributed by atoms with Gasteiger partial charge in [0.15, 0.2) is 5.82 Å². The molecule has 1 aliphatic rings. The average Bonchev–Trinajstić information content (AvgIpc) is 3.03. The second-order valence-electron chi connectivity index (χ2n) is 5.06. The predicted octanol–water partition coefficient (Wildman–Crippen LogP) is 1.23. The molecule has 3 heterocycles. The zero-order valence-electron chi connectivity index (χ0n) is 11.7. The number of pyridine rings is 1. The number of rotatable bonds is 3. The molecule has 0 spiro atoms. The Labute approximate surface area is 127 Å². The number of alkyl halides is 3. The third kappa shape index (κ3) is 2.96. The van der Waals surface area contributed by atoms with Crippen molar-refractivity contribution in [2.24, 2.45) is 0 Å². The van der Waals surface area contributed by atoms with Gasteiger partial charge in [0.05, 0.1) is 0 Å². The second-order valence-corrected chi connectivity index (χ2v) is 5.06. The van der Waals surface area contributed by atoms with Crippen molar-refractivity contribution in [2.45, 2.75) is 18.6 Å². The summed E-state index contributed by atoms with van der Waals surface area (Å²) in [6, 6.07) is 2.14. The Kier molecular flexibility index (Phi) is 3.66. The van der Waals surface area contributed by atoms with Crippen LogP contribution in [0.3, 0.4) is 0 Å². The first-order chi connectivity index (χ1) is 10.9. The highest BCUT2D eigenvalue weighted by Crippen LogP contribution is 2.29. The summed E-state index contributed by atoms with van der Waals surface area (Å²) >= 11 is 0. The first kappa shape index (κ1) is 15.3. The quantitative estimate of drug-likeness (QED) is 0.846. The number of hydrogen-bond donors (Lipinski definition) is 0. The minimum Gasteiger partial charge on any atom is -0.332 e. The van der Waals surface area contributed by atoms with E-state index in [4.69, 9.17) is 0 Å². The zero-order valence-corrected chi connectivity index (χ0v) is 11.7. The lowest BCUT2D eigenvalue weighted by Gasteiger charge is -2.18. The first-order valence-electron chi connectivity index (χ1n) is 6.71. The molecule has 2 aromatic heterocycles. The number of likely N-dealkylation sites (tertiary alicyclic amines) is 1. The Balaban J connectivity index is 1.93. The number of hydrogen-bond acceptors (Lipinski definition) is 5. The summed E-state index contributed by atoms with van der Waals surface area (Å²) in [6.07, 6.45) is -1.49. The highest BCUT2D eigenvalue weighted by Gasteiger charge is 2.41. The molecule has 7 nitrogen and oxygen atoms in total. The van der Waals surface area contributed by atoms with E-state index >= 15 is 0 Å². The van der Waals surface area contributed by atoms with E-state index < -0.39 is 30.4 Å². The van der Waals surface area contributed by atoms with Crippen molar-refractivity contribution in [3.05, 3.63) is 35.1 Å². The molecule has 2 aromatic rings. The smallest absolute Gasteiger partial charge is 0.332 e. The van der Waals surface area contributed by atoms with Gasteiger partial charge in [0.1, 0.15) is 12.6 Å². The summed E-state index contributed by atoms with van der Waals surface area (Å²) in [5.41, 5.74) is 0.431. The Morgan fingerprint density at radius 1 is 1.35 bits per heavy atom. The van der Waals surface area contributed by atoms with Gasteiger partial charge in [-0.25, -0.2) is 9.36 Å². The molecule has 0 saturated carbocycles.